The van der Waals surface area contributed by atoms with Crippen LogP contribution in [0, 0.1) is 6.92 Å². The summed E-state index contributed by atoms with van der Waals surface area (Å²) < 4.78 is 11.0. The Morgan fingerprint density at radius 3 is 2.40 bits per heavy atom. The Balaban J connectivity index is 2.17. The van der Waals surface area contributed by atoms with Crippen molar-refractivity contribution in [1.29, 1.82) is 0 Å². The molecule has 0 aliphatic carbocycles. The molecule has 0 radical (unpaired) electrons. The number of rotatable bonds is 6. The van der Waals surface area contributed by atoms with Gasteiger partial charge in [-0.2, -0.15) is 0 Å². The van der Waals surface area contributed by atoms with Crippen molar-refractivity contribution in [2.75, 3.05) is 13.2 Å². The molecule has 0 aliphatic heterocycles. The van der Waals surface area contributed by atoms with Crippen LogP contribution in [0.1, 0.15) is 25.8 Å². The van der Waals surface area contributed by atoms with Crippen LogP contribution in [0.2, 0.25) is 0 Å². The second-order valence-electron chi connectivity index (χ2n) is 3.75. The fourth-order valence-electron chi connectivity index (χ4n) is 1.16. The van der Waals surface area contributed by atoms with E-state index in [0.717, 1.165) is 12.2 Å². The van der Waals surface area contributed by atoms with Gasteiger partial charge in [0.05, 0.1) is 12.7 Å². The summed E-state index contributed by atoms with van der Waals surface area (Å²) in [4.78, 5) is 0. The highest BCUT2D eigenvalue weighted by atomic mass is 16.5. The summed E-state index contributed by atoms with van der Waals surface area (Å²) >= 11 is 0. The van der Waals surface area contributed by atoms with Gasteiger partial charge in [-0.1, -0.05) is 24.6 Å². The van der Waals surface area contributed by atoms with Crippen LogP contribution in [0.5, 0.6) is 5.75 Å². The third kappa shape index (κ3) is 4.84. The molecule has 0 bridgehead atoms. The Hall–Kier alpha value is -1.02. The molecule has 0 heterocycles. The van der Waals surface area contributed by atoms with Crippen molar-refractivity contribution in [3.8, 4) is 5.75 Å². The minimum atomic E-state index is 0.326. The van der Waals surface area contributed by atoms with Crippen LogP contribution >= 0.6 is 0 Å². The SMILES string of the molecule is CCC(C)OCCOc1ccc(C)cc1. The number of aryl methyl sites for hydroxylation is 1. The molecule has 1 rings (SSSR count). The van der Waals surface area contributed by atoms with Crippen molar-refractivity contribution in [2.45, 2.75) is 33.3 Å². The molecule has 0 spiro atoms. The first-order valence-electron chi connectivity index (χ1n) is 5.53. The maximum atomic E-state index is 5.53. The molecule has 0 aliphatic rings. The fourth-order valence-corrected chi connectivity index (χ4v) is 1.16. The molecule has 0 aromatic heterocycles. The van der Waals surface area contributed by atoms with E-state index in [9.17, 15) is 0 Å². The Labute approximate surface area is 92.2 Å². The summed E-state index contributed by atoms with van der Waals surface area (Å²) in [5.41, 5.74) is 1.25. The highest BCUT2D eigenvalue weighted by Crippen LogP contribution is 2.11. The van der Waals surface area contributed by atoms with E-state index >= 15 is 0 Å². The van der Waals surface area contributed by atoms with Crippen molar-refractivity contribution < 1.29 is 9.47 Å². The van der Waals surface area contributed by atoms with Crippen molar-refractivity contribution >= 4 is 0 Å². The first-order valence-corrected chi connectivity index (χ1v) is 5.53. The van der Waals surface area contributed by atoms with Crippen LogP contribution in [0.3, 0.4) is 0 Å². The van der Waals surface area contributed by atoms with E-state index in [4.69, 9.17) is 9.47 Å². The molecule has 2 nitrogen and oxygen atoms in total. The van der Waals surface area contributed by atoms with E-state index in [1.54, 1.807) is 0 Å². The molecule has 0 saturated carbocycles. The number of hydrogen-bond acceptors (Lipinski definition) is 2. The van der Waals surface area contributed by atoms with E-state index in [0.29, 0.717) is 19.3 Å². The Bertz CT molecular complexity index is 266. The standard InChI is InChI=1S/C13H20O2/c1-4-12(3)14-9-10-15-13-7-5-11(2)6-8-13/h5-8,12H,4,9-10H2,1-3H3. The highest BCUT2D eigenvalue weighted by Gasteiger charge is 1.98. The second kappa shape index (κ2) is 6.46. The van der Waals surface area contributed by atoms with Gasteiger partial charge in [0.25, 0.3) is 0 Å². The molecule has 2 heteroatoms. The fraction of sp³-hybridized carbons (Fsp3) is 0.538. The quantitative estimate of drug-likeness (QED) is 0.668. The lowest BCUT2D eigenvalue weighted by atomic mass is 10.2. The van der Waals surface area contributed by atoms with E-state index in [1.807, 2.05) is 24.3 Å². The van der Waals surface area contributed by atoms with E-state index in [-0.39, 0.29) is 0 Å². The molecule has 1 aromatic rings. The zero-order chi connectivity index (χ0) is 11.1. The molecule has 0 fully saturated rings. The largest absolute Gasteiger partial charge is 0.491 e. The summed E-state index contributed by atoms with van der Waals surface area (Å²) in [6.07, 6.45) is 1.37. The predicted molar refractivity (Wildman–Crippen MR) is 62.4 cm³/mol. The summed E-state index contributed by atoms with van der Waals surface area (Å²) in [7, 11) is 0. The predicted octanol–water partition coefficient (Wildman–Crippen LogP) is 3.19. The summed E-state index contributed by atoms with van der Waals surface area (Å²) in [5.74, 6) is 0.911. The molecular weight excluding hydrogens is 188 g/mol. The van der Waals surface area contributed by atoms with Gasteiger partial charge >= 0.3 is 0 Å². The van der Waals surface area contributed by atoms with Gasteiger partial charge in [0.2, 0.25) is 0 Å². The van der Waals surface area contributed by atoms with Gasteiger partial charge in [-0.15, -0.1) is 0 Å². The molecule has 0 saturated heterocycles. The molecule has 0 amide bonds. The van der Waals surface area contributed by atoms with Gasteiger partial charge in [-0.3, -0.25) is 0 Å². The van der Waals surface area contributed by atoms with Crippen LogP contribution in [0.4, 0.5) is 0 Å². The molecule has 15 heavy (non-hydrogen) atoms. The van der Waals surface area contributed by atoms with Gasteiger partial charge in [0.15, 0.2) is 0 Å². The van der Waals surface area contributed by atoms with Gasteiger partial charge in [0.1, 0.15) is 12.4 Å². The Kier molecular flexibility index (Phi) is 5.19. The monoisotopic (exact) mass is 208 g/mol. The highest BCUT2D eigenvalue weighted by molar-refractivity contribution is 5.26. The summed E-state index contributed by atoms with van der Waals surface area (Å²) in [6.45, 7) is 7.53. The zero-order valence-electron chi connectivity index (χ0n) is 9.82. The van der Waals surface area contributed by atoms with Crippen molar-refractivity contribution in [3.63, 3.8) is 0 Å². The lowest BCUT2D eigenvalue weighted by Crippen LogP contribution is -2.13. The second-order valence-corrected chi connectivity index (χ2v) is 3.75. The van der Waals surface area contributed by atoms with Crippen LogP contribution in [-0.4, -0.2) is 19.3 Å². The van der Waals surface area contributed by atoms with Gasteiger partial charge in [-0.25, -0.2) is 0 Å². The smallest absolute Gasteiger partial charge is 0.119 e. The minimum absolute atomic E-state index is 0.326. The van der Waals surface area contributed by atoms with Crippen molar-refractivity contribution in [1.82, 2.24) is 0 Å². The molecule has 84 valence electrons. The molecular formula is C13H20O2. The first kappa shape index (κ1) is 12.1. The van der Waals surface area contributed by atoms with E-state index < -0.39 is 0 Å². The van der Waals surface area contributed by atoms with Gasteiger partial charge < -0.3 is 9.47 Å². The topological polar surface area (TPSA) is 18.5 Å². The van der Waals surface area contributed by atoms with Crippen molar-refractivity contribution in [3.05, 3.63) is 29.8 Å². The summed E-state index contributed by atoms with van der Waals surface area (Å²) in [6, 6.07) is 8.06. The van der Waals surface area contributed by atoms with Crippen molar-refractivity contribution in [2.24, 2.45) is 0 Å². The number of benzene rings is 1. The van der Waals surface area contributed by atoms with Crippen LogP contribution < -0.4 is 4.74 Å². The van der Waals surface area contributed by atoms with E-state index in [1.165, 1.54) is 5.56 Å². The normalized spacial score (nSPS) is 12.5. The first-order chi connectivity index (χ1) is 7.22. The third-order valence-corrected chi connectivity index (χ3v) is 2.35. The van der Waals surface area contributed by atoms with E-state index in [2.05, 4.69) is 20.8 Å². The summed E-state index contributed by atoms with van der Waals surface area (Å²) in [5, 5.41) is 0. The molecule has 1 unspecified atom stereocenters. The van der Waals surface area contributed by atoms with Gasteiger partial charge in [0, 0.05) is 0 Å². The maximum absolute atomic E-state index is 5.53. The van der Waals surface area contributed by atoms with Crippen LogP contribution in [0.15, 0.2) is 24.3 Å². The Morgan fingerprint density at radius 1 is 1.13 bits per heavy atom. The number of hydrogen-bond donors (Lipinski definition) is 0. The lowest BCUT2D eigenvalue weighted by Gasteiger charge is -2.11. The molecule has 1 aromatic carbocycles. The average molecular weight is 208 g/mol. The zero-order valence-corrected chi connectivity index (χ0v) is 9.82. The lowest BCUT2D eigenvalue weighted by molar-refractivity contribution is 0.0427. The van der Waals surface area contributed by atoms with Crippen LogP contribution in [-0.2, 0) is 4.74 Å². The average Bonchev–Trinajstić information content (AvgIpc) is 2.26. The minimum Gasteiger partial charge on any atom is -0.491 e. The molecule has 1 atom stereocenters. The third-order valence-electron chi connectivity index (χ3n) is 2.35. The van der Waals surface area contributed by atoms with Crippen LogP contribution in [0.25, 0.3) is 0 Å². The maximum Gasteiger partial charge on any atom is 0.119 e. The Morgan fingerprint density at radius 2 is 1.80 bits per heavy atom. The molecule has 0 N–H and O–H groups in total. The van der Waals surface area contributed by atoms with Gasteiger partial charge in [-0.05, 0) is 32.4 Å². The number of ether oxygens (including phenoxy) is 2.